The van der Waals surface area contributed by atoms with E-state index in [4.69, 9.17) is 16.7 Å². The van der Waals surface area contributed by atoms with Crippen LogP contribution in [0.25, 0.3) is 0 Å². The van der Waals surface area contributed by atoms with Crippen molar-refractivity contribution in [1.82, 2.24) is 10.2 Å². The predicted molar refractivity (Wildman–Crippen MR) is 52.8 cm³/mol. The molecule has 14 heavy (non-hydrogen) atoms. The molecule has 0 amide bonds. The molecule has 5 nitrogen and oxygen atoms in total. The Hall–Kier alpha value is -1.36. The second kappa shape index (κ2) is 4.23. The van der Waals surface area contributed by atoms with E-state index in [1.807, 2.05) is 13.8 Å². The average molecular weight is 216 g/mol. The summed E-state index contributed by atoms with van der Waals surface area (Å²) in [7, 11) is 0. The Labute approximate surface area is 86.1 Å². The number of rotatable bonds is 3. The van der Waals surface area contributed by atoms with Gasteiger partial charge in [0.05, 0.1) is 0 Å². The summed E-state index contributed by atoms with van der Waals surface area (Å²) < 4.78 is 0. The molecule has 0 radical (unpaired) electrons. The van der Waals surface area contributed by atoms with Crippen LogP contribution in [0.5, 0.6) is 0 Å². The predicted octanol–water partition coefficient (Wildman–Crippen LogP) is 1.65. The minimum absolute atomic E-state index is 0.0511. The summed E-state index contributed by atoms with van der Waals surface area (Å²) in [5.74, 6) is -0.710. The Morgan fingerprint density at radius 3 is 2.71 bits per heavy atom. The molecule has 0 aromatic carbocycles. The van der Waals surface area contributed by atoms with Gasteiger partial charge < -0.3 is 10.4 Å². The lowest BCUT2D eigenvalue weighted by atomic mass is 10.3. The van der Waals surface area contributed by atoms with Gasteiger partial charge in [-0.2, -0.15) is 0 Å². The lowest BCUT2D eigenvalue weighted by Gasteiger charge is -2.08. The molecular formula is C8H10ClN3O2. The third kappa shape index (κ3) is 2.56. The maximum atomic E-state index is 10.7. The molecule has 1 rings (SSSR count). The summed E-state index contributed by atoms with van der Waals surface area (Å²) >= 11 is 5.55. The van der Waals surface area contributed by atoms with Gasteiger partial charge in [-0.15, -0.1) is 10.2 Å². The van der Waals surface area contributed by atoms with Gasteiger partial charge in [0, 0.05) is 12.1 Å². The van der Waals surface area contributed by atoms with Crippen LogP contribution in [0.2, 0.25) is 5.15 Å². The molecule has 6 heteroatoms. The van der Waals surface area contributed by atoms with E-state index in [1.165, 1.54) is 6.07 Å². The van der Waals surface area contributed by atoms with E-state index in [9.17, 15) is 4.79 Å². The fourth-order valence-electron chi connectivity index (χ4n) is 0.893. The summed E-state index contributed by atoms with van der Waals surface area (Å²) in [5.41, 5.74) is -0.0511. The van der Waals surface area contributed by atoms with E-state index in [0.717, 1.165) is 0 Å². The van der Waals surface area contributed by atoms with Crippen molar-refractivity contribution < 1.29 is 9.90 Å². The second-order valence-electron chi connectivity index (χ2n) is 3.04. The number of carboxylic acids is 1. The van der Waals surface area contributed by atoms with Gasteiger partial charge in [0.15, 0.2) is 5.15 Å². The van der Waals surface area contributed by atoms with Crippen LogP contribution in [-0.4, -0.2) is 27.3 Å². The number of hydrogen-bond donors (Lipinski definition) is 2. The molecule has 76 valence electrons. The summed E-state index contributed by atoms with van der Waals surface area (Å²) in [4.78, 5) is 10.7. The summed E-state index contributed by atoms with van der Waals surface area (Å²) in [6.07, 6.45) is 0. The molecule has 1 aromatic heterocycles. The summed E-state index contributed by atoms with van der Waals surface area (Å²) in [5, 5.41) is 18.8. The zero-order valence-corrected chi connectivity index (χ0v) is 8.54. The molecular weight excluding hydrogens is 206 g/mol. The van der Waals surface area contributed by atoms with Crippen LogP contribution in [0.15, 0.2) is 6.07 Å². The van der Waals surface area contributed by atoms with Crippen LogP contribution >= 0.6 is 11.6 Å². The highest BCUT2D eigenvalue weighted by molar-refractivity contribution is 6.32. The average Bonchev–Trinajstić information content (AvgIpc) is 2.07. The van der Waals surface area contributed by atoms with Crippen molar-refractivity contribution in [3.8, 4) is 0 Å². The summed E-state index contributed by atoms with van der Waals surface area (Å²) in [6, 6.07) is 1.52. The van der Waals surface area contributed by atoms with Gasteiger partial charge in [-0.25, -0.2) is 4.79 Å². The lowest BCUT2D eigenvalue weighted by molar-refractivity contribution is 0.0696. The first-order chi connectivity index (χ1) is 6.50. The maximum absolute atomic E-state index is 10.7. The van der Waals surface area contributed by atoms with Crippen LogP contribution in [-0.2, 0) is 0 Å². The van der Waals surface area contributed by atoms with Crippen molar-refractivity contribution in [1.29, 1.82) is 0 Å². The number of carbonyl (C=O) groups is 1. The number of hydrogen-bond acceptors (Lipinski definition) is 4. The highest BCUT2D eigenvalue weighted by Crippen LogP contribution is 2.15. The van der Waals surface area contributed by atoms with E-state index in [-0.39, 0.29) is 16.8 Å². The third-order valence-electron chi connectivity index (χ3n) is 1.42. The van der Waals surface area contributed by atoms with E-state index in [2.05, 4.69) is 15.5 Å². The molecule has 0 aliphatic heterocycles. The van der Waals surface area contributed by atoms with E-state index < -0.39 is 5.97 Å². The van der Waals surface area contributed by atoms with Crippen molar-refractivity contribution in [3.63, 3.8) is 0 Å². The number of aromatic nitrogens is 2. The number of nitrogens with zero attached hydrogens (tertiary/aromatic N) is 2. The number of halogens is 1. The zero-order chi connectivity index (χ0) is 10.7. The molecule has 1 heterocycles. The van der Waals surface area contributed by atoms with Crippen LogP contribution in [0.1, 0.15) is 24.2 Å². The normalized spacial score (nSPS) is 10.3. The lowest BCUT2D eigenvalue weighted by Crippen LogP contribution is -2.13. The van der Waals surface area contributed by atoms with E-state index in [0.29, 0.717) is 5.82 Å². The van der Waals surface area contributed by atoms with Crippen molar-refractivity contribution in [3.05, 3.63) is 16.8 Å². The Bertz CT molecular complexity index is 354. The van der Waals surface area contributed by atoms with E-state index >= 15 is 0 Å². The highest BCUT2D eigenvalue weighted by atomic mass is 35.5. The molecule has 0 aliphatic carbocycles. The largest absolute Gasteiger partial charge is 0.478 e. The second-order valence-corrected chi connectivity index (χ2v) is 3.40. The number of aromatic carboxylic acids is 1. The maximum Gasteiger partial charge on any atom is 0.339 e. The van der Waals surface area contributed by atoms with Crippen molar-refractivity contribution in [2.45, 2.75) is 19.9 Å². The van der Waals surface area contributed by atoms with Gasteiger partial charge in [0.25, 0.3) is 0 Å². The SMILES string of the molecule is CC(C)Nc1cc(C(=O)O)c(Cl)nn1. The molecule has 0 atom stereocenters. The first-order valence-electron chi connectivity index (χ1n) is 4.03. The van der Waals surface area contributed by atoms with Crippen molar-refractivity contribution >= 4 is 23.4 Å². The first-order valence-corrected chi connectivity index (χ1v) is 4.41. The molecule has 0 unspecified atom stereocenters. The highest BCUT2D eigenvalue weighted by Gasteiger charge is 2.12. The van der Waals surface area contributed by atoms with Gasteiger partial charge in [0.2, 0.25) is 0 Å². The fourth-order valence-corrected chi connectivity index (χ4v) is 1.07. The minimum atomic E-state index is -1.11. The van der Waals surface area contributed by atoms with Gasteiger partial charge in [0.1, 0.15) is 11.4 Å². The van der Waals surface area contributed by atoms with Crippen molar-refractivity contribution in [2.75, 3.05) is 5.32 Å². The van der Waals surface area contributed by atoms with Gasteiger partial charge >= 0.3 is 5.97 Å². The molecule has 0 aliphatic rings. The quantitative estimate of drug-likeness (QED) is 0.802. The molecule has 0 spiro atoms. The molecule has 1 aromatic rings. The fraction of sp³-hybridized carbons (Fsp3) is 0.375. The van der Waals surface area contributed by atoms with Crippen LogP contribution < -0.4 is 5.32 Å². The van der Waals surface area contributed by atoms with E-state index in [1.54, 1.807) is 0 Å². The smallest absolute Gasteiger partial charge is 0.339 e. The monoisotopic (exact) mass is 215 g/mol. The van der Waals surface area contributed by atoms with Gasteiger partial charge in [-0.1, -0.05) is 11.6 Å². The molecule has 2 N–H and O–H groups in total. The topological polar surface area (TPSA) is 75.1 Å². The Morgan fingerprint density at radius 2 is 2.21 bits per heavy atom. The molecule has 0 saturated carbocycles. The number of anilines is 1. The number of carboxylic acid groups (broad SMARTS) is 1. The Kier molecular flexibility index (Phi) is 3.24. The van der Waals surface area contributed by atoms with Crippen LogP contribution in [0, 0.1) is 0 Å². The zero-order valence-electron chi connectivity index (χ0n) is 7.78. The van der Waals surface area contributed by atoms with Crippen LogP contribution in [0.4, 0.5) is 5.82 Å². The summed E-state index contributed by atoms with van der Waals surface area (Å²) in [6.45, 7) is 3.83. The Balaban J connectivity index is 3.00. The molecule has 0 fully saturated rings. The number of nitrogens with one attached hydrogen (secondary N) is 1. The Morgan fingerprint density at radius 1 is 1.57 bits per heavy atom. The molecule has 0 saturated heterocycles. The van der Waals surface area contributed by atoms with Crippen LogP contribution in [0.3, 0.4) is 0 Å². The van der Waals surface area contributed by atoms with Gasteiger partial charge in [-0.05, 0) is 13.8 Å². The minimum Gasteiger partial charge on any atom is -0.478 e. The first kappa shape index (κ1) is 10.7. The standard InChI is InChI=1S/C8H10ClN3O2/c1-4(2)10-6-3-5(8(13)14)7(9)12-11-6/h3-4H,1-2H3,(H,10,11)(H,13,14). The third-order valence-corrected chi connectivity index (χ3v) is 1.69. The van der Waals surface area contributed by atoms with Gasteiger partial charge in [-0.3, -0.25) is 0 Å². The van der Waals surface area contributed by atoms with Crippen molar-refractivity contribution in [2.24, 2.45) is 0 Å². The molecule has 0 bridgehead atoms.